The summed E-state index contributed by atoms with van der Waals surface area (Å²) in [6.07, 6.45) is 3.46. The standard InChI is InChI=1S/C16H10F5N5O3/c17-11-8(12(18)14(20)15(21)13(11)19)5-26-4-7(3-22-26)23-16(29)9-1-2-25(24-9)6-10(27)28/h1-4H,5-6H2,(H,23,29)(H,27,28). The maximum Gasteiger partial charge on any atom is 0.325 e. The summed E-state index contributed by atoms with van der Waals surface area (Å²) >= 11 is 0. The Morgan fingerprint density at radius 3 is 2.24 bits per heavy atom. The number of rotatable bonds is 6. The number of carbonyl (C=O) groups is 2. The van der Waals surface area contributed by atoms with E-state index in [4.69, 9.17) is 5.11 Å². The molecule has 2 heterocycles. The van der Waals surface area contributed by atoms with Gasteiger partial charge in [-0.1, -0.05) is 0 Å². The predicted octanol–water partition coefficient (Wildman–Crippen LogP) is 2.16. The van der Waals surface area contributed by atoms with E-state index in [9.17, 15) is 31.5 Å². The molecule has 3 rings (SSSR count). The minimum atomic E-state index is -2.26. The van der Waals surface area contributed by atoms with Crippen LogP contribution in [0.1, 0.15) is 16.1 Å². The van der Waals surface area contributed by atoms with Gasteiger partial charge < -0.3 is 10.4 Å². The molecule has 13 heteroatoms. The van der Waals surface area contributed by atoms with Crippen molar-refractivity contribution in [2.75, 3.05) is 5.32 Å². The third-order valence-corrected chi connectivity index (χ3v) is 3.68. The van der Waals surface area contributed by atoms with Gasteiger partial charge in [-0.25, -0.2) is 22.0 Å². The van der Waals surface area contributed by atoms with Gasteiger partial charge in [-0.2, -0.15) is 10.2 Å². The van der Waals surface area contributed by atoms with Gasteiger partial charge in [0.05, 0.1) is 24.0 Å². The molecule has 0 aliphatic rings. The molecule has 0 fully saturated rings. The monoisotopic (exact) mass is 415 g/mol. The Labute approximate surface area is 158 Å². The first-order chi connectivity index (χ1) is 13.7. The molecule has 0 bridgehead atoms. The summed E-state index contributed by atoms with van der Waals surface area (Å²) in [5.41, 5.74) is -1.15. The third kappa shape index (κ3) is 4.07. The predicted molar refractivity (Wildman–Crippen MR) is 85.4 cm³/mol. The number of hydrogen-bond donors (Lipinski definition) is 2. The number of carboxylic acid groups (broad SMARTS) is 1. The summed E-state index contributed by atoms with van der Waals surface area (Å²) in [6, 6.07) is 1.26. The SMILES string of the molecule is O=C(O)Cn1ccc(C(=O)Nc2cnn(Cc3c(F)c(F)c(F)c(F)c3F)c2)n1. The number of carboxylic acids is 1. The number of hydrogen-bond acceptors (Lipinski definition) is 4. The summed E-state index contributed by atoms with van der Waals surface area (Å²) < 4.78 is 68.9. The Kier molecular flexibility index (Phi) is 5.30. The van der Waals surface area contributed by atoms with Crippen LogP contribution in [-0.2, 0) is 17.9 Å². The van der Waals surface area contributed by atoms with Crippen LogP contribution in [0.3, 0.4) is 0 Å². The number of halogens is 5. The van der Waals surface area contributed by atoms with Crippen LogP contribution >= 0.6 is 0 Å². The van der Waals surface area contributed by atoms with Gasteiger partial charge in [-0.05, 0) is 6.07 Å². The van der Waals surface area contributed by atoms with Crippen LogP contribution < -0.4 is 5.32 Å². The van der Waals surface area contributed by atoms with Crippen LogP contribution in [0.15, 0.2) is 24.7 Å². The number of anilines is 1. The van der Waals surface area contributed by atoms with Crippen LogP contribution in [0.5, 0.6) is 0 Å². The molecular weight excluding hydrogens is 405 g/mol. The van der Waals surface area contributed by atoms with Crippen molar-refractivity contribution >= 4 is 17.6 Å². The Hall–Kier alpha value is -3.77. The first-order valence-electron chi connectivity index (χ1n) is 7.76. The molecule has 1 amide bonds. The maximum atomic E-state index is 13.7. The highest BCUT2D eigenvalue weighted by Gasteiger charge is 2.26. The van der Waals surface area contributed by atoms with E-state index in [1.54, 1.807) is 0 Å². The lowest BCUT2D eigenvalue weighted by molar-refractivity contribution is -0.137. The Morgan fingerprint density at radius 2 is 1.62 bits per heavy atom. The molecule has 0 aliphatic carbocycles. The Bertz CT molecular complexity index is 1080. The minimum Gasteiger partial charge on any atom is -0.480 e. The fourth-order valence-electron chi connectivity index (χ4n) is 2.37. The molecule has 0 saturated heterocycles. The fourth-order valence-corrected chi connectivity index (χ4v) is 2.37. The average Bonchev–Trinajstić information content (AvgIpc) is 3.31. The Morgan fingerprint density at radius 1 is 1.00 bits per heavy atom. The summed E-state index contributed by atoms with van der Waals surface area (Å²) in [5.74, 6) is -12.3. The molecule has 0 saturated carbocycles. The number of nitrogens with zero attached hydrogens (tertiary/aromatic N) is 4. The minimum absolute atomic E-state index is 0.0478. The molecule has 8 nitrogen and oxygen atoms in total. The second kappa shape index (κ2) is 7.69. The van der Waals surface area contributed by atoms with Crippen LogP contribution in [-0.4, -0.2) is 36.5 Å². The van der Waals surface area contributed by atoms with Gasteiger partial charge in [0, 0.05) is 12.4 Å². The summed E-state index contributed by atoms with van der Waals surface area (Å²) in [4.78, 5) is 22.7. The highest BCUT2D eigenvalue weighted by Crippen LogP contribution is 2.24. The van der Waals surface area contributed by atoms with Crippen LogP contribution in [0, 0.1) is 29.1 Å². The van der Waals surface area contributed by atoms with Crippen molar-refractivity contribution in [1.29, 1.82) is 0 Å². The molecule has 0 radical (unpaired) electrons. The van der Waals surface area contributed by atoms with E-state index in [-0.39, 0.29) is 11.4 Å². The van der Waals surface area contributed by atoms with Crippen LogP contribution in [0.25, 0.3) is 0 Å². The highest BCUT2D eigenvalue weighted by molar-refractivity contribution is 6.02. The van der Waals surface area contributed by atoms with Crippen molar-refractivity contribution in [3.8, 4) is 0 Å². The second-order valence-corrected chi connectivity index (χ2v) is 5.72. The number of aliphatic carboxylic acids is 1. The lowest BCUT2D eigenvalue weighted by atomic mass is 10.1. The van der Waals surface area contributed by atoms with Crippen molar-refractivity contribution in [3.63, 3.8) is 0 Å². The van der Waals surface area contributed by atoms with E-state index in [2.05, 4.69) is 15.5 Å². The molecule has 0 spiro atoms. The number of carbonyl (C=O) groups excluding carboxylic acids is 1. The van der Waals surface area contributed by atoms with E-state index < -0.39 is 59.6 Å². The molecule has 3 aromatic rings. The topological polar surface area (TPSA) is 102 Å². The first-order valence-corrected chi connectivity index (χ1v) is 7.76. The zero-order valence-electron chi connectivity index (χ0n) is 14.2. The smallest absolute Gasteiger partial charge is 0.325 e. The number of amides is 1. The molecule has 1 aromatic carbocycles. The lowest BCUT2D eigenvalue weighted by Gasteiger charge is -2.08. The molecule has 2 aromatic heterocycles. The molecule has 0 atom stereocenters. The normalized spacial score (nSPS) is 10.9. The third-order valence-electron chi connectivity index (χ3n) is 3.68. The summed E-state index contributed by atoms with van der Waals surface area (Å²) in [6.45, 7) is -1.23. The van der Waals surface area contributed by atoms with Gasteiger partial charge >= 0.3 is 5.97 Å². The molecule has 29 heavy (non-hydrogen) atoms. The number of benzene rings is 1. The molecule has 2 N–H and O–H groups in total. The average molecular weight is 415 g/mol. The molecule has 0 unspecified atom stereocenters. The van der Waals surface area contributed by atoms with E-state index in [0.717, 1.165) is 21.8 Å². The van der Waals surface area contributed by atoms with E-state index >= 15 is 0 Å². The second-order valence-electron chi connectivity index (χ2n) is 5.72. The molecular formula is C16H10F5N5O3. The van der Waals surface area contributed by atoms with E-state index in [1.165, 1.54) is 12.3 Å². The quantitative estimate of drug-likeness (QED) is 0.365. The lowest BCUT2D eigenvalue weighted by Crippen LogP contribution is -2.15. The van der Waals surface area contributed by atoms with Crippen molar-refractivity contribution in [3.05, 3.63) is 65.0 Å². The Balaban J connectivity index is 1.74. The van der Waals surface area contributed by atoms with E-state index in [1.807, 2.05) is 0 Å². The molecule has 152 valence electrons. The number of nitrogens with one attached hydrogen (secondary N) is 1. The van der Waals surface area contributed by atoms with Gasteiger partial charge in [0.2, 0.25) is 5.82 Å². The van der Waals surface area contributed by atoms with Gasteiger partial charge in [-0.3, -0.25) is 19.0 Å². The van der Waals surface area contributed by atoms with Crippen LogP contribution in [0.2, 0.25) is 0 Å². The van der Waals surface area contributed by atoms with Gasteiger partial charge in [-0.15, -0.1) is 0 Å². The first kappa shape index (κ1) is 20.0. The molecule has 0 aliphatic heterocycles. The van der Waals surface area contributed by atoms with Crippen LogP contribution in [0.4, 0.5) is 27.6 Å². The zero-order valence-corrected chi connectivity index (χ0v) is 14.2. The van der Waals surface area contributed by atoms with Gasteiger partial charge in [0.15, 0.2) is 29.0 Å². The maximum absolute atomic E-state index is 13.7. The zero-order chi connectivity index (χ0) is 21.3. The number of aromatic nitrogens is 4. The highest BCUT2D eigenvalue weighted by atomic mass is 19.2. The van der Waals surface area contributed by atoms with Gasteiger partial charge in [0.1, 0.15) is 6.54 Å². The van der Waals surface area contributed by atoms with Crippen molar-refractivity contribution in [1.82, 2.24) is 19.6 Å². The van der Waals surface area contributed by atoms with Crippen molar-refractivity contribution < 1.29 is 36.6 Å². The summed E-state index contributed by atoms with van der Waals surface area (Å²) in [7, 11) is 0. The van der Waals surface area contributed by atoms with Crippen molar-refractivity contribution in [2.24, 2.45) is 0 Å². The fraction of sp³-hybridized carbons (Fsp3) is 0.125. The van der Waals surface area contributed by atoms with E-state index in [0.29, 0.717) is 0 Å². The van der Waals surface area contributed by atoms with Crippen molar-refractivity contribution in [2.45, 2.75) is 13.1 Å². The summed E-state index contributed by atoms with van der Waals surface area (Å²) in [5, 5.41) is 18.5. The van der Waals surface area contributed by atoms with Gasteiger partial charge in [0.25, 0.3) is 5.91 Å². The largest absolute Gasteiger partial charge is 0.480 e.